The molecule has 29 heavy (non-hydrogen) atoms. The zero-order chi connectivity index (χ0) is 20.2. The number of aryl methyl sites for hydroxylation is 2. The van der Waals surface area contributed by atoms with E-state index in [0.717, 1.165) is 62.2 Å². The molecular weight excluding hydrogens is 380 g/mol. The summed E-state index contributed by atoms with van der Waals surface area (Å²) >= 11 is 1.71. The first-order chi connectivity index (χ1) is 14.2. The van der Waals surface area contributed by atoms with Crippen molar-refractivity contribution in [3.8, 4) is 0 Å². The average Bonchev–Trinajstić information content (AvgIpc) is 2.66. The van der Waals surface area contributed by atoms with E-state index in [0.29, 0.717) is 12.1 Å². The van der Waals surface area contributed by atoms with Gasteiger partial charge in [-0.1, -0.05) is 12.1 Å². The fourth-order valence-electron chi connectivity index (χ4n) is 3.92. The molecule has 0 amide bonds. The molecule has 0 atom stereocenters. The first kappa shape index (κ1) is 20.4. The first-order valence-electron chi connectivity index (χ1n) is 10.5. The Balaban J connectivity index is 1.39. The zero-order valence-corrected chi connectivity index (χ0v) is 18.5. The van der Waals surface area contributed by atoms with E-state index in [4.69, 9.17) is 9.97 Å². The fourth-order valence-corrected chi connectivity index (χ4v) is 4.30. The van der Waals surface area contributed by atoms with Crippen LogP contribution in [0.4, 0.5) is 11.6 Å². The van der Waals surface area contributed by atoms with E-state index in [1.807, 2.05) is 7.05 Å². The number of aromatic nitrogens is 2. The molecule has 2 fully saturated rings. The van der Waals surface area contributed by atoms with Gasteiger partial charge >= 0.3 is 0 Å². The van der Waals surface area contributed by atoms with Crippen molar-refractivity contribution < 1.29 is 0 Å². The summed E-state index contributed by atoms with van der Waals surface area (Å²) in [6, 6.07) is 11.9. The molecular formula is C22H32N6S. The number of rotatable bonds is 9. The monoisotopic (exact) mass is 412 g/mol. The van der Waals surface area contributed by atoms with Gasteiger partial charge in [0.2, 0.25) is 0 Å². The van der Waals surface area contributed by atoms with Gasteiger partial charge in [-0.25, -0.2) is 9.97 Å². The van der Waals surface area contributed by atoms with Crippen molar-refractivity contribution in [3.05, 3.63) is 41.6 Å². The quantitative estimate of drug-likeness (QED) is 0.613. The van der Waals surface area contributed by atoms with Crippen LogP contribution in [0.25, 0.3) is 0 Å². The third kappa shape index (κ3) is 4.68. The molecule has 156 valence electrons. The predicted octanol–water partition coefficient (Wildman–Crippen LogP) is 2.33. The highest BCUT2D eigenvalue weighted by Gasteiger charge is 2.27. The van der Waals surface area contributed by atoms with Crippen molar-refractivity contribution in [2.45, 2.75) is 36.9 Å². The normalized spacial score (nSPS) is 17.1. The van der Waals surface area contributed by atoms with Crippen LogP contribution in [0, 0.1) is 6.92 Å². The van der Waals surface area contributed by atoms with E-state index in [-0.39, 0.29) is 0 Å². The van der Waals surface area contributed by atoms with Gasteiger partial charge in [0, 0.05) is 44.5 Å². The molecule has 4 rings (SSSR count). The minimum atomic E-state index is 0.539. The zero-order valence-electron chi connectivity index (χ0n) is 17.7. The van der Waals surface area contributed by atoms with E-state index in [1.165, 1.54) is 11.3 Å². The lowest BCUT2D eigenvalue weighted by atomic mass is 10.1. The summed E-state index contributed by atoms with van der Waals surface area (Å²) in [6.45, 7) is 7.36. The van der Waals surface area contributed by atoms with E-state index < -0.39 is 0 Å². The van der Waals surface area contributed by atoms with Gasteiger partial charge in [0.05, 0.1) is 11.1 Å². The van der Waals surface area contributed by atoms with Crippen molar-refractivity contribution in [2.75, 3.05) is 55.8 Å². The third-order valence-electron chi connectivity index (χ3n) is 5.96. The van der Waals surface area contributed by atoms with Crippen LogP contribution >= 0.6 is 11.8 Å². The second-order valence-electron chi connectivity index (χ2n) is 7.98. The smallest absolute Gasteiger partial charge is 0.133 e. The van der Waals surface area contributed by atoms with Crippen LogP contribution in [0.1, 0.15) is 17.7 Å². The number of hydrogen-bond acceptors (Lipinski definition) is 7. The SMILES string of the molecule is CNC1CN(c2cccc(CCCN(c3nc(SC)ccc3C)C3CNC3)n2)C1. The molecule has 4 heterocycles. The molecule has 0 unspecified atom stereocenters. The first-order valence-corrected chi connectivity index (χ1v) is 11.8. The summed E-state index contributed by atoms with van der Waals surface area (Å²) in [5.41, 5.74) is 2.44. The Morgan fingerprint density at radius 2 is 2.03 bits per heavy atom. The number of likely N-dealkylation sites (N-methyl/N-ethyl adjacent to an activating group) is 1. The maximum atomic E-state index is 4.92. The summed E-state index contributed by atoms with van der Waals surface area (Å²) in [7, 11) is 2.03. The van der Waals surface area contributed by atoms with E-state index >= 15 is 0 Å². The van der Waals surface area contributed by atoms with Crippen molar-refractivity contribution in [1.82, 2.24) is 20.6 Å². The highest BCUT2D eigenvalue weighted by molar-refractivity contribution is 7.98. The maximum Gasteiger partial charge on any atom is 0.133 e. The van der Waals surface area contributed by atoms with Gasteiger partial charge in [0.15, 0.2) is 0 Å². The average molecular weight is 413 g/mol. The van der Waals surface area contributed by atoms with Gasteiger partial charge in [-0.15, -0.1) is 11.8 Å². The Morgan fingerprint density at radius 3 is 2.72 bits per heavy atom. The van der Waals surface area contributed by atoms with Crippen molar-refractivity contribution in [3.63, 3.8) is 0 Å². The largest absolute Gasteiger partial charge is 0.353 e. The highest BCUT2D eigenvalue weighted by Crippen LogP contribution is 2.25. The topological polar surface area (TPSA) is 56.3 Å². The summed E-state index contributed by atoms with van der Waals surface area (Å²) in [4.78, 5) is 14.7. The van der Waals surface area contributed by atoms with Crippen LogP contribution in [0.5, 0.6) is 0 Å². The summed E-state index contributed by atoms with van der Waals surface area (Å²) in [6.07, 6.45) is 4.16. The minimum absolute atomic E-state index is 0.539. The Hall–Kier alpha value is -1.83. The second-order valence-corrected chi connectivity index (χ2v) is 8.81. The molecule has 6 nitrogen and oxygen atoms in total. The molecule has 2 aromatic heterocycles. The molecule has 0 bridgehead atoms. The fraction of sp³-hybridized carbons (Fsp3) is 0.545. The van der Waals surface area contributed by atoms with E-state index in [2.05, 4.69) is 63.9 Å². The van der Waals surface area contributed by atoms with Gasteiger partial charge in [0.1, 0.15) is 11.6 Å². The Morgan fingerprint density at radius 1 is 1.21 bits per heavy atom. The second kappa shape index (κ2) is 9.32. The Bertz CT molecular complexity index is 819. The number of nitrogens with zero attached hydrogens (tertiary/aromatic N) is 4. The van der Waals surface area contributed by atoms with Crippen LogP contribution in [0.3, 0.4) is 0 Å². The summed E-state index contributed by atoms with van der Waals surface area (Å²) < 4.78 is 0. The van der Waals surface area contributed by atoms with Gasteiger partial charge in [-0.2, -0.15) is 0 Å². The van der Waals surface area contributed by atoms with Crippen LogP contribution in [-0.4, -0.2) is 68.1 Å². The molecule has 2 aliphatic rings. The lowest BCUT2D eigenvalue weighted by Gasteiger charge is -2.40. The number of pyridine rings is 2. The molecule has 0 radical (unpaired) electrons. The van der Waals surface area contributed by atoms with Gasteiger partial charge in [-0.3, -0.25) is 0 Å². The molecule has 0 aromatic carbocycles. The van der Waals surface area contributed by atoms with E-state index in [9.17, 15) is 0 Å². The van der Waals surface area contributed by atoms with Crippen molar-refractivity contribution in [1.29, 1.82) is 0 Å². The van der Waals surface area contributed by atoms with Gasteiger partial charge in [-0.05, 0) is 56.8 Å². The maximum absolute atomic E-state index is 4.92. The van der Waals surface area contributed by atoms with Crippen LogP contribution in [-0.2, 0) is 6.42 Å². The molecule has 2 N–H and O–H groups in total. The molecule has 0 spiro atoms. The Labute approximate surface area is 178 Å². The molecule has 2 aliphatic heterocycles. The van der Waals surface area contributed by atoms with Gasteiger partial charge in [0.25, 0.3) is 0 Å². The van der Waals surface area contributed by atoms with Crippen molar-refractivity contribution in [2.24, 2.45) is 0 Å². The third-order valence-corrected chi connectivity index (χ3v) is 6.61. The predicted molar refractivity (Wildman–Crippen MR) is 122 cm³/mol. The lowest BCUT2D eigenvalue weighted by molar-refractivity contribution is 0.407. The number of nitrogens with one attached hydrogen (secondary N) is 2. The number of thioether (sulfide) groups is 1. The van der Waals surface area contributed by atoms with Crippen LogP contribution < -0.4 is 20.4 Å². The molecule has 2 aromatic rings. The molecule has 7 heteroatoms. The number of hydrogen-bond donors (Lipinski definition) is 2. The minimum Gasteiger partial charge on any atom is -0.353 e. The molecule has 0 saturated carbocycles. The lowest BCUT2D eigenvalue weighted by Crippen LogP contribution is -2.58. The summed E-state index contributed by atoms with van der Waals surface area (Å²) in [5.74, 6) is 2.25. The summed E-state index contributed by atoms with van der Waals surface area (Å²) in [5, 5.41) is 7.83. The van der Waals surface area contributed by atoms with Crippen LogP contribution in [0.15, 0.2) is 35.4 Å². The highest BCUT2D eigenvalue weighted by atomic mass is 32.2. The van der Waals surface area contributed by atoms with Crippen LogP contribution in [0.2, 0.25) is 0 Å². The standard InChI is InChI=1S/C22H32N6S/c1-16-9-10-21(29-3)26-22(16)28(19-12-24-13-19)11-5-7-17-6-4-8-20(25-17)27-14-18(15-27)23-2/h4,6,8-10,18-19,23-24H,5,7,11-15H2,1-3H3. The van der Waals surface area contributed by atoms with E-state index in [1.54, 1.807) is 11.8 Å². The number of anilines is 2. The Kier molecular flexibility index (Phi) is 6.57. The van der Waals surface area contributed by atoms with Crippen molar-refractivity contribution >= 4 is 23.4 Å². The molecule has 0 aliphatic carbocycles. The van der Waals surface area contributed by atoms with Gasteiger partial charge < -0.3 is 20.4 Å². The molecule has 2 saturated heterocycles.